The molecule has 0 aliphatic carbocycles. The van der Waals surface area contributed by atoms with Gasteiger partial charge in [0.05, 0.1) is 11.1 Å². The number of carbonyl (C=O) groups is 1. The number of carbonyl (C=O) groups excluding carboxylic acids is 1. The Morgan fingerprint density at radius 1 is 1.12 bits per heavy atom. The SMILES string of the molecule is N#Cc1cccnc1N1CCCN(C(=O)c2ccccc2F)CC1. The fourth-order valence-electron chi connectivity index (χ4n) is 2.87. The van der Waals surface area contributed by atoms with Gasteiger partial charge in [0, 0.05) is 32.4 Å². The Morgan fingerprint density at radius 2 is 1.96 bits per heavy atom. The maximum atomic E-state index is 13.8. The quantitative estimate of drug-likeness (QED) is 0.851. The molecule has 2 heterocycles. The molecule has 2 aromatic rings. The van der Waals surface area contributed by atoms with Gasteiger partial charge in [-0.15, -0.1) is 0 Å². The van der Waals surface area contributed by atoms with Gasteiger partial charge in [0.2, 0.25) is 0 Å². The van der Waals surface area contributed by atoms with E-state index in [0.29, 0.717) is 37.6 Å². The van der Waals surface area contributed by atoms with E-state index in [4.69, 9.17) is 0 Å². The minimum absolute atomic E-state index is 0.0986. The fourth-order valence-corrected chi connectivity index (χ4v) is 2.87. The van der Waals surface area contributed by atoms with Gasteiger partial charge in [0.1, 0.15) is 17.7 Å². The second-order valence-electron chi connectivity index (χ2n) is 5.60. The van der Waals surface area contributed by atoms with Gasteiger partial charge in [-0.3, -0.25) is 4.79 Å². The molecule has 6 heteroatoms. The Kier molecular flexibility index (Phi) is 4.71. The van der Waals surface area contributed by atoms with Crippen molar-refractivity contribution in [2.45, 2.75) is 6.42 Å². The van der Waals surface area contributed by atoms with Gasteiger partial charge >= 0.3 is 0 Å². The summed E-state index contributed by atoms with van der Waals surface area (Å²) < 4.78 is 13.8. The zero-order chi connectivity index (χ0) is 16.9. The molecule has 1 aromatic carbocycles. The van der Waals surface area contributed by atoms with Crippen LogP contribution in [0.4, 0.5) is 10.2 Å². The van der Waals surface area contributed by atoms with Crippen LogP contribution < -0.4 is 4.90 Å². The molecule has 122 valence electrons. The summed E-state index contributed by atoms with van der Waals surface area (Å²) in [4.78, 5) is 20.5. The van der Waals surface area contributed by atoms with E-state index in [9.17, 15) is 14.4 Å². The molecule has 3 rings (SSSR count). The molecule has 5 nitrogen and oxygen atoms in total. The molecule has 0 saturated carbocycles. The van der Waals surface area contributed by atoms with Crippen LogP contribution in [0.1, 0.15) is 22.3 Å². The van der Waals surface area contributed by atoms with Crippen molar-refractivity contribution in [3.63, 3.8) is 0 Å². The number of aromatic nitrogens is 1. The zero-order valence-corrected chi connectivity index (χ0v) is 13.2. The number of nitrogens with zero attached hydrogens (tertiary/aromatic N) is 4. The van der Waals surface area contributed by atoms with E-state index in [1.165, 1.54) is 12.1 Å². The molecule has 1 aliphatic heterocycles. The predicted molar refractivity (Wildman–Crippen MR) is 88.1 cm³/mol. The molecule has 1 aliphatic rings. The maximum absolute atomic E-state index is 13.8. The molecule has 1 saturated heterocycles. The van der Waals surface area contributed by atoms with Crippen LogP contribution in [0, 0.1) is 17.1 Å². The first-order valence-electron chi connectivity index (χ1n) is 7.84. The van der Waals surface area contributed by atoms with Crippen LogP contribution in [0.3, 0.4) is 0 Å². The molecule has 24 heavy (non-hydrogen) atoms. The van der Waals surface area contributed by atoms with Crippen LogP contribution in [0.2, 0.25) is 0 Å². The van der Waals surface area contributed by atoms with E-state index in [1.807, 2.05) is 4.90 Å². The summed E-state index contributed by atoms with van der Waals surface area (Å²) in [7, 11) is 0. The zero-order valence-electron chi connectivity index (χ0n) is 13.2. The number of rotatable bonds is 2. The lowest BCUT2D eigenvalue weighted by Gasteiger charge is -2.23. The van der Waals surface area contributed by atoms with Crippen molar-refractivity contribution in [1.82, 2.24) is 9.88 Å². The topological polar surface area (TPSA) is 60.2 Å². The number of amides is 1. The van der Waals surface area contributed by atoms with Crippen molar-refractivity contribution in [2.75, 3.05) is 31.1 Å². The van der Waals surface area contributed by atoms with Crippen molar-refractivity contribution < 1.29 is 9.18 Å². The van der Waals surface area contributed by atoms with Crippen LogP contribution in [-0.2, 0) is 0 Å². The minimum Gasteiger partial charge on any atom is -0.354 e. The van der Waals surface area contributed by atoms with Crippen molar-refractivity contribution in [2.24, 2.45) is 0 Å². The highest BCUT2D eigenvalue weighted by Gasteiger charge is 2.23. The third-order valence-corrected chi connectivity index (χ3v) is 4.09. The molecule has 0 atom stereocenters. The molecule has 0 bridgehead atoms. The first-order chi connectivity index (χ1) is 11.7. The highest BCUT2D eigenvalue weighted by atomic mass is 19.1. The second-order valence-corrected chi connectivity index (χ2v) is 5.60. The van der Waals surface area contributed by atoms with E-state index in [-0.39, 0.29) is 11.5 Å². The summed E-state index contributed by atoms with van der Waals surface area (Å²) in [6.45, 7) is 2.28. The Balaban J connectivity index is 1.75. The van der Waals surface area contributed by atoms with Crippen LogP contribution in [0.5, 0.6) is 0 Å². The van der Waals surface area contributed by atoms with Gasteiger partial charge in [-0.2, -0.15) is 5.26 Å². The van der Waals surface area contributed by atoms with E-state index in [1.54, 1.807) is 35.4 Å². The molecule has 1 aromatic heterocycles. The predicted octanol–water partition coefficient (Wildman–Crippen LogP) is 2.44. The number of halogens is 1. The highest BCUT2D eigenvalue weighted by Crippen LogP contribution is 2.19. The molecule has 0 spiro atoms. The van der Waals surface area contributed by atoms with Crippen LogP contribution >= 0.6 is 0 Å². The fraction of sp³-hybridized carbons (Fsp3) is 0.278. The second kappa shape index (κ2) is 7.09. The maximum Gasteiger partial charge on any atom is 0.256 e. The van der Waals surface area contributed by atoms with Gasteiger partial charge in [-0.05, 0) is 30.7 Å². The van der Waals surface area contributed by atoms with E-state index in [2.05, 4.69) is 11.1 Å². The molecule has 1 fully saturated rings. The standard InChI is InChI=1S/C18H17FN4O/c19-16-7-2-1-6-15(16)18(24)23-10-4-9-22(11-12-23)17-14(13-20)5-3-8-21-17/h1-3,5-8H,4,9-12H2. The third-order valence-electron chi connectivity index (χ3n) is 4.09. The van der Waals surface area contributed by atoms with Crippen LogP contribution in [-0.4, -0.2) is 42.0 Å². The average Bonchev–Trinajstić information content (AvgIpc) is 2.87. The molecule has 0 radical (unpaired) electrons. The highest BCUT2D eigenvalue weighted by molar-refractivity contribution is 5.94. The van der Waals surface area contributed by atoms with Gasteiger partial charge in [-0.25, -0.2) is 9.37 Å². The molecule has 1 amide bonds. The summed E-state index contributed by atoms with van der Waals surface area (Å²) >= 11 is 0. The number of benzene rings is 1. The Labute approximate surface area is 139 Å². The summed E-state index contributed by atoms with van der Waals surface area (Å²) in [5, 5.41) is 9.22. The number of anilines is 1. The van der Waals surface area contributed by atoms with Gasteiger partial charge in [-0.1, -0.05) is 12.1 Å². The number of pyridine rings is 1. The summed E-state index contributed by atoms with van der Waals surface area (Å²) in [6.07, 6.45) is 2.39. The van der Waals surface area contributed by atoms with Crippen molar-refractivity contribution >= 4 is 11.7 Å². The summed E-state index contributed by atoms with van der Waals surface area (Å²) in [5.41, 5.74) is 0.618. The first kappa shape index (κ1) is 15.9. The molecular weight excluding hydrogens is 307 g/mol. The Morgan fingerprint density at radius 3 is 2.75 bits per heavy atom. The minimum atomic E-state index is -0.500. The van der Waals surface area contributed by atoms with Crippen LogP contribution in [0.25, 0.3) is 0 Å². The largest absolute Gasteiger partial charge is 0.354 e. The van der Waals surface area contributed by atoms with Crippen LogP contribution in [0.15, 0.2) is 42.6 Å². The van der Waals surface area contributed by atoms with Crippen molar-refractivity contribution in [3.8, 4) is 6.07 Å². The lowest BCUT2D eigenvalue weighted by atomic mass is 10.2. The van der Waals surface area contributed by atoms with Gasteiger partial charge in [0.15, 0.2) is 0 Å². The lowest BCUT2D eigenvalue weighted by molar-refractivity contribution is 0.0762. The monoisotopic (exact) mass is 324 g/mol. The average molecular weight is 324 g/mol. The van der Waals surface area contributed by atoms with Gasteiger partial charge < -0.3 is 9.80 Å². The van der Waals surface area contributed by atoms with Crippen molar-refractivity contribution in [1.29, 1.82) is 5.26 Å². The summed E-state index contributed by atoms with van der Waals surface area (Å²) in [5.74, 6) is -0.156. The normalized spacial score (nSPS) is 14.8. The van der Waals surface area contributed by atoms with Gasteiger partial charge in [0.25, 0.3) is 5.91 Å². The Bertz CT molecular complexity index is 787. The number of hydrogen-bond acceptors (Lipinski definition) is 4. The summed E-state index contributed by atoms with van der Waals surface area (Å²) in [6, 6.07) is 11.6. The first-order valence-corrected chi connectivity index (χ1v) is 7.84. The number of nitriles is 1. The smallest absolute Gasteiger partial charge is 0.256 e. The van der Waals surface area contributed by atoms with E-state index in [0.717, 1.165) is 6.42 Å². The Hall–Kier alpha value is -2.94. The van der Waals surface area contributed by atoms with Crippen molar-refractivity contribution in [3.05, 3.63) is 59.5 Å². The van der Waals surface area contributed by atoms with E-state index < -0.39 is 5.82 Å². The molecule has 0 N–H and O–H groups in total. The van der Waals surface area contributed by atoms with E-state index >= 15 is 0 Å². The molecule has 0 unspecified atom stereocenters. The lowest BCUT2D eigenvalue weighted by Crippen LogP contribution is -2.36. The molecular formula is C18H17FN4O. The third kappa shape index (κ3) is 3.20. The number of hydrogen-bond donors (Lipinski definition) is 0.